The van der Waals surface area contributed by atoms with Gasteiger partial charge in [-0.15, -0.1) is 0 Å². The van der Waals surface area contributed by atoms with E-state index in [2.05, 4.69) is 20.8 Å². The molecule has 0 aromatic carbocycles. The van der Waals surface area contributed by atoms with Gasteiger partial charge in [-0.25, -0.2) is 0 Å². The van der Waals surface area contributed by atoms with E-state index in [1.54, 1.807) is 0 Å². The third kappa shape index (κ3) is 1.45. The lowest BCUT2D eigenvalue weighted by Gasteiger charge is -2.17. The van der Waals surface area contributed by atoms with Crippen molar-refractivity contribution in [2.45, 2.75) is 39.7 Å². The zero-order valence-corrected chi connectivity index (χ0v) is 6.61. The summed E-state index contributed by atoms with van der Waals surface area (Å²) in [6.07, 6.45) is 3.19. The van der Waals surface area contributed by atoms with Gasteiger partial charge in [0.2, 0.25) is 0 Å². The summed E-state index contributed by atoms with van der Waals surface area (Å²) in [7, 11) is 0. The molecule has 0 aromatic heterocycles. The van der Waals surface area contributed by atoms with Gasteiger partial charge in [0.05, 0.1) is 6.10 Å². The van der Waals surface area contributed by atoms with E-state index in [1.165, 1.54) is 12.8 Å². The van der Waals surface area contributed by atoms with Gasteiger partial charge >= 0.3 is 0 Å². The summed E-state index contributed by atoms with van der Waals surface area (Å²) in [5.74, 6) is 0. The Bertz CT molecular complexity index is 94.7. The van der Waals surface area contributed by atoms with Crippen LogP contribution in [-0.4, -0.2) is 12.7 Å². The van der Waals surface area contributed by atoms with Crippen molar-refractivity contribution in [1.29, 1.82) is 0 Å². The Hall–Kier alpha value is -0.0400. The van der Waals surface area contributed by atoms with Crippen LogP contribution in [0.3, 0.4) is 0 Å². The topological polar surface area (TPSA) is 9.23 Å². The predicted molar refractivity (Wildman–Crippen MR) is 38.4 cm³/mol. The molecule has 0 heterocycles. The second-order valence-electron chi connectivity index (χ2n) is 3.25. The highest BCUT2D eigenvalue weighted by Gasteiger charge is 2.42. The van der Waals surface area contributed by atoms with E-state index < -0.39 is 0 Å². The Morgan fingerprint density at radius 2 is 2.11 bits per heavy atom. The average molecular weight is 128 g/mol. The van der Waals surface area contributed by atoms with Crippen LogP contribution in [0.25, 0.3) is 0 Å². The van der Waals surface area contributed by atoms with Gasteiger partial charge in [0.25, 0.3) is 0 Å². The van der Waals surface area contributed by atoms with Crippen molar-refractivity contribution in [1.82, 2.24) is 0 Å². The summed E-state index contributed by atoms with van der Waals surface area (Å²) in [5, 5.41) is 0. The quantitative estimate of drug-likeness (QED) is 0.566. The van der Waals surface area contributed by atoms with Gasteiger partial charge in [-0.2, -0.15) is 0 Å². The highest BCUT2D eigenvalue weighted by atomic mass is 16.5. The Labute approximate surface area is 57.4 Å². The standard InChI is InChI=1S/C8H16O/c1-4-9-7(2)8(3)5-6-8/h7H,4-6H2,1-3H3/t7-/m1/s1. The summed E-state index contributed by atoms with van der Waals surface area (Å²) in [5.41, 5.74) is 0.538. The Morgan fingerprint density at radius 1 is 1.56 bits per heavy atom. The van der Waals surface area contributed by atoms with Gasteiger partial charge in [-0.1, -0.05) is 6.92 Å². The maximum absolute atomic E-state index is 5.47. The van der Waals surface area contributed by atoms with E-state index in [1.807, 2.05) is 0 Å². The zero-order chi connectivity index (χ0) is 6.91. The minimum absolute atomic E-state index is 0.475. The van der Waals surface area contributed by atoms with Crippen molar-refractivity contribution >= 4 is 0 Å². The molecule has 1 saturated carbocycles. The van der Waals surface area contributed by atoms with E-state index in [0.717, 1.165) is 6.61 Å². The molecule has 0 aliphatic heterocycles. The van der Waals surface area contributed by atoms with E-state index in [9.17, 15) is 0 Å². The van der Waals surface area contributed by atoms with Gasteiger partial charge in [-0.3, -0.25) is 0 Å². The maximum Gasteiger partial charge on any atom is 0.0600 e. The van der Waals surface area contributed by atoms with Crippen molar-refractivity contribution < 1.29 is 4.74 Å². The normalized spacial score (nSPS) is 25.7. The molecular formula is C8H16O. The first kappa shape index (κ1) is 7.07. The molecule has 0 aromatic rings. The molecule has 0 radical (unpaired) electrons. The molecule has 0 bridgehead atoms. The highest BCUT2D eigenvalue weighted by Crippen LogP contribution is 2.49. The lowest BCUT2D eigenvalue weighted by Crippen LogP contribution is -2.18. The first-order chi connectivity index (χ1) is 4.19. The molecule has 1 nitrogen and oxygen atoms in total. The average Bonchev–Trinajstić information content (AvgIpc) is 2.50. The molecular weight excluding hydrogens is 112 g/mol. The highest BCUT2D eigenvalue weighted by molar-refractivity contribution is 4.93. The fraction of sp³-hybridized carbons (Fsp3) is 1.00. The third-order valence-electron chi connectivity index (χ3n) is 2.44. The Balaban J connectivity index is 2.24. The molecule has 0 spiro atoms. The summed E-state index contributed by atoms with van der Waals surface area (Å²) in [6, 6.07) is 0. The SMILES string of the molecule is CCO[C@H](C)C1(C)CC1. The third-order valence-corrected chi connectivity index (χ3v) is 2.44. The molecule has 1 aliphatic carbocycles. The molecule has 1 fully saturated rings. The summed E-state index contributed by atoms with van der Waals surface area (Å²) in [6.45, 7) is 7.39. The van der Waals surface area contributed by atoms with Crippen LogP contribution in [0.2, 0.25) is 0 Å². The molecule has 9 heavy (non-hydrogen) atoms. The first-order valence-corrected chi connectivity index (χ1v) is 3.80. The number of hydrogen-bond donors (Lipinski definition) is 0. The molecule has 0 amide bonds. The van der Waals surface area contributed by atoms with Crippen LogP contribution in [0.5, 0.6) is 0 Å². The molecule has 0 saturated heterocycles. The molecule has 1 rings (SSSR count). The van der Waals surface area contributed by atoms with Crippen molar-refractivity contribution in [3.05, 3.63) is 0 Å². The molecule has 0 N–H and O–H groups in total. The number of ether oxygens (including phenoxy) is 1. The molecule has 0 unspecified atom stereocenters. The van der Waals surface area contributed by atoms with Gasteiger partial charge in [0.1, 0.15) is 0 Å². The predicted octanol–water partition coefficient (Wildman–Crippen LogP) is 2.21. The largest absolute Gasteiger partial charge is 0.378 e. The Kier molecular flexibility index (Phi) is 1.80. The van der Waals surface area contributed by atoms with Crippen LogP contribution < -0.4 is 0 Å². The Morgan fingerprint density at radius 3 is 2.44 bits per heavy atom. The van der Waals surface area contributed by atoms with Crippen molar-refractivity contribution in [2.24, 2.45) is 5.41 Å². The van der Waals surface area contributed by atoms with Crippen LogP contribution in [0, 0.1) is 5.41 Å². The van der Waals surface area contributed by atoms with Gasteiger partial charge in [0.15, 0.2) is 0 Å². The van der Waals surface area contributed by atoms with E-state index >= 15 is 0 Å². The molecule has 1 aliphatic rings. The molecule has 54 valence electrons. The summed E-state index contributed by atoms with van der Waals surface area (Å²) < 4.78 is 5.47. The summed E-state index contributed by atoms with van der Waals surface area (Å²) in [4.78, 5) is 0. The van der Waals surface area contributed by atoms with E-state index in [-0.39, 0.29) is 0 Å². The van der Waals surface area contributed by atoms with Crippen LogP contribution >= 0.6 is 0 Å². The van der Waals surface area contributed by atoms with Crippen molar-refractivity contribution in [3.63, 3.8) is 0 Å². The van der Waals surface area contributed by atoms with E-state index in [0.29, 0.717) is 11.5 Å². The maximum atomic E-state index is 5.47. The van der Waals surface area contributed by atoms with Crippen molar-refractivity contribution in [3.8, 4) is 0 Å². The lowest BCUT2D eigenvalue weighted by atomic mass is 10.0. The van der Waals surface area contributed by atoms with E-state index in [4.69, 9.17) is 4.74 Å². The minimum atomic E-state index is 0.475. The number of rotatable bonds is 3. The number of hydrogen-bond acceptors (Lipinski definition) is 1. The second kappa shape index (κ2) is 2.30. The minimum Gasteiger partial charge on any atom is -0.378 e. The van der Waals surface area contributed by atoms with Gasteiger partial charge < -0.3 is 4.74 Å². The smallest absolute Gasteiger partial charge is 0.0600 e. The fourth-order valence-electron chi connectivity index (χ4n) is 1.05. The second-order valence-corrected chi connectivity index (χ2v) is 3.25. The lowest BCUT2D eigenvalue weighted by molar-refractivity contribution is 0.0289. The van der Waals surface area contributed by atoms with Gasteiger partial charge in [-0.05, 0) is 32.1 Å². The van der Waals surface area contributed by atoms with Crippen LogP contribution in [0.15, 0.2) is 0 Å². The monoisotopic (exact) mass is 128 g/mol. The summed E-state index contributed by atoms with van der Waals surface area (Å²) >= 11 is 0. The van der Waals surface area contributed by atoms with Crippen LogP contribution in [0.1, 0.15) is 33.6 Å². The van der Waals surface area contributed by atoms with Gasteiger partial charge in [0, 0.05) is 6.61 Å². The van der Waals surface area contributed by atoms with Crippen LogP contribution in [-0.2, 0) is 4.74 Å². The first-order valence-electron chi connectivity index (χ1n) is 3.80. The van der Waals surface area contributed by atoms with Crippen LogP contribution in [0.4, 0.5) is 0 Å². The zero-order valence-electron chi connectivity index (χ0n) is 6.61. The molecule has 1 atom stereocenters. The fourth-order valence-corrected chi connectivity index (χ4v) is 1.05. The molecule has 1 heteroatoms. The van der Waals surface area contributed by atoms with Crippen molar-refractivity contribution in [2.75, 3.05) is 6.61 Å².